The summed E-state index contributed by atoms with van der Waals surface area (Å²) in [6.45, 7) is 0. The van der Waals surface area contributed by atoms with Crippen LogP contribution in [0.2, 0.25) is 0 Å². The Morgan fingerprint density at radius 1 is 0.667 bits per heavy atom. The van der Waals surface area contributed by atoms with Crippen molar-refractivity contribution >= 4 is 51.3 Å². The zero-order valence-corrected chi connectivity index (χ0v) is 13.3. The Bertz CT molecular complexity index is 59.5. The Morgan fingerprint density at radius 2 is 0.667 bits per heavy atom. The van der Waals surface area contributed by atoms with Gasteiger partial charge in [-0.15, -0.1) is 0 Å². The van der Waals surface area contributed by atoms with Crippen LogP contribution in [0.3, 0.4) is 0 Å². The molecule has 0 aliphatic carbocycles. The second-order valence-corrected chi connectivity index (χ2v) is 21.7. The van der Waals surface area contributed by atoms with E-state index in [1.807, 2.05) is 0 Å². The van der Waals surface area contributed by atoms with Crippen molar-refractivity contribution in [3.63, 3.8) is 0 Å². The molecular weight excluding hydrogens is 508 g/mol. The summed E-state index contributed by atoms with van der Waals surface area (Å²) < 4.78 is 0. The standard InChI is InChI=1S/2Mo.4Se. The van der Waals surface area contributed by atoms with Crippen LogP contribution >= 0.6 is 0 Å². The van der Waals surface area contributed by atoms with E-state index < -0.39 is 0 Å². The van der Waals surface area contributed by atoms with Crippen LogP contribution in [-0.4, -0.2) is 51.3 Å². The molecule has 6 heavy (non-hydrogen) atoms. The van der Waals surface area contributed by atoms with Crippen molar-refractivity contribution in [2.75, 3.05) is 0 Å². The monoisotopic (exact) mass is 515 g/mol. The predicted molar refractivity (Wildman–Crippen MR) is 23.0 cm³/mol. The Labute approximate surface area is 75.9 Å². The zero-order chi connectivity index (χ0) is 5.41. The summed E-state index contributed by atoms with van der Waals surface area (Å²) in [6.07, 6.45) is 0. The van der Waals surface area contributed by atoms with Crippen molar-refractivity contribution in [2.45, 2.75) is 0 Å². The van der Waals surface area contributed by atoms with E-state index in [1.54, 1.807) is 0 Å². The van der Waals surface area contributed by atoms with Gasteiger partial charge >= 0.3 is 77.8 Å². The molecule has 0 rings (SSSR count). The van der Waals surface area contributed by atoms with Gasteiger partial charge in [-0.3, -0.25) is 0 Å². The molecule has 36 valence electrons. The van der Waals surface area contributed by atoms with Gasteiger partial charge in [-0.2, -0.15) is 0 Å². The first kappa shape index (κ1) is 12.2. The van der Waals surface area contributed by atoms with E-state index in [1.165, 1.54) is 0 Å². The molecule has 0 fully saturated rings. The molecule has 0 atom stereocenters. The average molecular weight is 508 g/mol. The van der Waals surface area contributed by atoms with Crippen molar-refractivity contribution in [1.82, 2.24) is 0 Å². The first-order chi connectivity index (χ1) is 2.83. The topological polar surface area (TPSA) is 0 Å². The summed E-state index contributed by atoms with van der Waals surface area (Å²) in [4.78, 5) is 0. The van der Waals surface area contributed by atoms with Gasteiger partial charge in [0.1, 0.15) is 0 Å². The van der Waals surface area contributed by atoms with E-state index in [-0.39, 0.29) is 26.5 Å². The van der Waals surface area contributed by atoms with Gasteiger partial charge in [0.25, 0.3) is 0 Å². The van der Waals surface area contributed by atoms with Crippen molar-refractivity contribution in [3.05, 3.63) is 0 Å². The van der Waals surface area contributed by atoms with Crippen LogP contribution < -0.4 is 0 Å². The molecule has 0 saturated carbocycles. The van der Waals surface area contributed by atoms with Gasteiger partial charge in [0.2, 0.25) is 0 Å². The molecule has 0 radical (unpaired) electrons. The van der Waals surface area contributed by atoms with Gasteiger partial charge in [0.15, 0.2) is 0 Å². The molecular formula is Mo2Se4. The predicted octanol–water partition coefficient (Wildman–Crippen LogP) is -1.53. The minimum absolute atomic E-state index is 0.220. The third-order valence-corrected chi connectivity index (χ3v) is 0. The maximum absolute atomic E-state index is 2.88. The third kappa shape index (κ3) is 26.0. The van der Waals surface area contributed by atoms with Gasteiger partial charge < -0.3 is 0 Å². The zero-order valence-electron chi connectivity index (χ0n) is 2.45. The van der Waals surface area contributed by atoms with E-state index in [9.17, 15) is 0 Å². The van der Waals surface area contributed by atoms with E-state index in [0.717, 1.165) is 0 Å². The molecule has 0 aliphatic heterocycles. The molecule has 0 heterocycles. The van der Waals surface area contributed by atoms with Crippen LogP contribution in [0.25, 0.3) is 0 Å². The quantitative estimate of drug-likeness (QED) is 0.349. The van der Waals surface area contributed by atoms with Crippen LogP contribution in [-0.2, 0) is 26.5 Å². The molecule has 0 saturated heterocycles. The summed E-state index contributed by atoms with van der Waals surface area (Å²) in [5.74, 6) is 0. The van der Waals surface area contributed by atoms with Gasteiger partial charge in [-0.1, -0.05) is 0 Å². The number of hydrogen-bond donors (Lipinski definition) is 0. The second-order valence-electron chi connectivity index (χ2n) is 0.136. The Balaban J connectivity index is 0. The van der Waals surface area contributed by atoms with E-state index in [4.69, 9.17) is 0 Å². The van der Waals surface area contributed by atoms with Crippen molar-refractivity contribution < 1.29 is 26.5 Å². The summed E-state index contributed by atoms with van der Waals surface area (Å²) in [6, 6.07) is 0. The van der Waals surface area contributed by atoms with Crippen molar-refractivity contribution in [3.8, 4) is 0 Å². The SMILES string of the molecule is [Se]=[Mo]=[Se].[Se]=[Mo]=[Se]. The van der Waals surface area contributed by atoms with Gasteiger partial charge in [-0.25, -0.2) is 0 Å². The van der Waals surface area contributed by atoms with E-state index in [0.29, 0.717) is 0 Å². The molecule has 0 aliphatic rings. The first-order valence-electron chi connectivity index (χ1n) is 0.667. The van der Waals surface area contributed by atoms with E-state index in [2.05, 4.69) is 51.3 Å². The summed E-state index contributed by atoms with van der Waals surface area (Å²) in [7, 11) is 0. The van der Waals surface area contributed by atoms with Crippen LogP contribution in [0, 0.1) is 0 Å². The fourth-order valence-corrected chi connectivity index (χ4v) is 0. The maximum atomic E-state index is 2.88. The Morgan fingerprint density at radius 3 is 0.667 bits per heavy atom. The molecule has 0 amide bonds. The molecule has 6 heteroatoms. The van der Waals surface area contributed by atoms with Crippen molar-refractivity contribution in [2.24, 2.45) is 0 Å². The molecule has 0 aromatic heterocycles. The van der Waals surface area contributed by atoms with Crippen LogP contribution in [0.4, 0.5) is 0 Å². The van der Waals surface area contributed by atoms with E-state index >= 15 is 0 Å². The molecule has 0 N–H and O–H groups in total. The molecule has 0 bridgehead atoms. The third-order valence-electron chi connectivity index (χ3n) is 0. The Kier molecular flexibility index (Phi) is 32.0. The fourth-order valence-electron chi connectivity index (χ4n) is 0. The number of hydrogen-bond acceptors (Lipinski definition) is 0. The molecule has 0 aromatic rings. The molecule has 0 aromatic carbocycles. The summed E-state index contributed by atoms with van der Waals surface area (Å²) >= 11 is 12.0. The second kappa shape index (κ2) is 15.8. The minimum atomic E-state index is 0.220. The molecule has 0 unspecified atom stereocenters. The average Bonchev–Trinajstić information content (AvgIpc) is 1.39. The van der Waals surface area contributed by atoms with Crippen LogP contribution in [0.15, 0.2) is 0 Å². The summed E-state index contributed by atoms with van der Waals surface area (Å²) in [5.41, 5.74) is 0. The fraction of sp³-hybridized carbons (Fsp3) is 0. The van der Waals surface area contributed by atoms with Crippen LogP contribution in [0.5, 0.6) is 0 Å². The first-order valence-corrected chi connectivity index (χ1v) is 20.5. The van der Waals surface area contributed by atoms with Gasteiger partial charge in [-0.05, 0) is 0 Å². The number of rotatable bonds is 0. The molecule has 0 spiro atoms. The Hall–Kier alpha value is 3.45. The van der Waals surface area contributed by atoms with Gasteiger partial charge in [0.05, 0.1) is 0 Å². The molecule has 0 nitrogen and oxygen atoms in total. The van der Waals surface area contributed by atoms with Crippen molar-refractivity contribution in [1.29, 1.82) is 0 Å². The van der Waals surface area contributed by atoms with Crippen LogP contribution in [0.1, 0.15) is 0 Å². The van der Waals surface area contributed by atoms with Gasteiger partial charge in [0, 0.05) is 0 Å². The summed E-state index contributed by atoms with van der Waals surface area (Å²) in [5, 5.41) is 0. The normalized spacial score (nSPS) is 4.00.